The van der Waals surface area contributed by atoms with Gasteiger partial charge in [-0.25, -0.2) is 9.97 Å². The second-order valence-electron chi connectivity index (χ2n) is 4.51. The quantitative estimate of drug-likeness (QED) is 0.770. The van der Waals surface area contributed by atoms with E-state index >= 15 is 0 Å². The van der Waals surface area contributed by atoms with E-state index in [4.69, 9.17) is 17.3 Å². The lowest BCUT2D eigenvalue weighted by molar-refractivity contribution is 0.986. The maximum Gasteiger partial charge on any atom is 0.230 e. The lowest BCUT2D eigenvalue weighted by Gasteiger charge is -2.06. The largest absolute Gasteiger partial charge is 0.325 e. The van der Waals surface area contributed by atoms with Crippen LogP contribution in [0.2, 0.25) is 5.02 Å². The SMILES string of the molecule is NCc1cc(-c2ncnc(Nc3cccc(Cl)c3)n2)ccn1. The first kappa shape index (κ1) is 14.4. The Morgan fingerprint density at radius 2 is 2.00 bits per heavy atom. The molecule has 0 atom stereocenters. The molecule has 0 aliphatic rings. The van der Waals surface area contributed by atoms with Crippen LogP contribution in [0.25, 0.3) is 11.4 Å². The van der Waals surface area contributed by atoms with Gasteiger partial charge < -0.3 is 11.1 Å². The van der Waals surface area contributed by atoms with E-state index < -0.39 is 0 Å². The first-order chi connectivity index (χ1) is 10.7. The van der Waals surface area contributed by atoms with Crippen molar-refractivity contribution in [3.8, 4) is 11.4 Å². The van der Waals surface area contributed by atoms with Crippen molar-refractivity contribution in [2.24, 2.45) is 5.73 Å². The summed E-state index contributed by atoms with van der Waals surface area (Å²) in [5.74, 6) is 0.995. The third kappa shape index (κ3) is 3.36. The number of halogens is 1. The highest BCUT2D eigenvalue weighted by Crippen LogP contribution is 2.20. The van der Waals surface area contributed by atoms with Crippen LogP contribution in [-0.2, 0) is 6.54 Å². The highest BCUT2D eigenvalue weighted by molar-refractivity contribution is 6.30. The Kier molecular flexibility index (Phi) is 4.22. The van der Waals surface area contributed by atoms with E-state index in [-0.39, 0.29) is 0 Å². The zero-order chi connectivity index (χ0) is 15.4. The molecule has 0 spiro atoms. The van der Waals surface area contributed by atoms with E-state index in [1.54, 1.807) is 18.3 Å². The molecule has 7 heteroatoms. The highest BCUT2D eigenvalue weighted by Gasteiger charge is 2.05. The lowest BCUT2D eigenvalue weighted by Crippen LogP contribution is -2.02. The number of anilines is 2. The summed E-state index contributed by atoms with van der Waals surface area (Å²) in [6, 6.07) is 11.0. The van der Waals surface area contributed by atoms with Crippen LogP contribution in [0.5, 0.6) is 0 Å². The van der Waals surface area contributed by atoms with Gasteiger partial charge in [-0.2, -0.15) is 4.98 Å². The van der Waals surface area contributed by atoms with Crippen LogP contribution in [0.15, 0.2) is 48.9 Å². The van der Waals surface area contributed by atoms with Crippen molar-refractivity contribution < 1.29 is 0 Å². The summed E-state index contributed by atoms with van der Waals surface area (Å²) in [5.41, 5.74) is 8.03. The molecule has 22 heavy (non-hydrogen) atoms. The van der Waals surface area contributed by atoms with Crippen LogP contribution >= 0.6 is 11.6 Å². The van der Waals surface area contributed by atoms with Crippen molar-refractivity contribution in [1.82, 2.24) is 19.9 Å². The molecule has 3 aromatic rings. The Morgan fingerprint density at radius 1 is 1.09 bits per heavy atom. The lowest BCUT2D eigenvalue weighted by atomic mass is 10.2. The zero-order valence-electron chi connectivity index (χ0n) is 11.6. The molecule has 1 aromatic carbocycles. The minimum Gasteiger partial charge on any atom is -0.325 e. The molecule has 0 saturated carbocycles. The molecule has 2 heterocycles. The van der Waals surface area contributed by atoms with Crippen LogP contribution in [0.1, 0.15) is 5.69 Å². The molecule has 110 valence electrons. The van der Waals surface area contributed by atoms with E-state index in [0.29, 0.717) is 23.3 Å². The smallest absolute Gasteiger partial charge is 0.230 e. The Balaban J connectivity index is 1.89. The summed E-state index contributed by atoms with van der Waals surface area (Å²) in [6.45, 7) is 0.368. The number of nitrogens with zero attached hydrogens (tertiary/aromatic N) is 4. The van der Waals surface area contributed by atoms with Crippen LogP contribution in [0.3, 0.4) is 0 Å². The molecule has 3 N–H and O–H groups in total. The van der Waals surface area contributed by atoms with Gasteiger partial charge in [0.15, 0.2) is 5.82 Å². The van der Waals surface area contributed by atoms with Crippen LogP contribution in [0, 0.1) is 0 Å². The van der Waals surface area contributed by atoms with Crippen LogP contribution in [0.4, 0.5) is 11.6 Å². The number of aromatic nitrogens is 4. The number of rotatable bonds is 4. The Hall–Kier alpha value is -2.57. The van der Waals surface area contributed by atoms with E-state index in [2.05, 4.69) is 25.3 Å². The van der Waals surface area contributed by atoms with Crippen molar-refractivity contribution in [2.75, 3.05) is 5.32 Å². The maximum absolute atomic E-state index is 5.96. The second-order valence-corrected chi connectivity index (χ2v) is 4.94. The summed E-state index contributed by atoms with van der Waals surface area (Å²) in [4.78, 5) is 16.9. The van der Waals surface area contributed by atoms with Crippen LogP contribution in [-0.4, -0.2) is 19.9 Å². The van der Waals surface area contributed by atoms with Gasteiger partial charge >= 0.3 is 0 Å². The van der Waals surface area contributed by atoms with Crippen LogP contribution < -0.4 is 11.1 Å². The third-order valence-electron chi connectivity index (χ3n) is 2.94. The van der Waals surface area contributed by atoms with E-state index in [0.717, 1.165) is 16.9 Å². The molecule has 2 aromatic heterocycles. The second kappa shape index (κ2) is 6.46. The maximum atomic E-state index is 5.96. The van der Waals surface area contributed by atoms with Gasteiger partial charge in [-0.1, -0.05) is 17.7 Å². The predicted octanol–water partition coefficient (Wildman–Crippen LogP) is 2.79. The van der Waals surface area contributed by atoms with Gasteiger partial charge in [0.1, 0.15) is 6.33 Å². The molecular weight excluding hydrogens is 300 g/mol. The van der Waals surface area contributed by atoms with Crippen molar-refractivity contribution >= 4 is 23.2 Å². The molecular formula is C15H13ClN6. The van der Waals surface area contributed by atoms with Gasteiger partial charge in [-0.05, 0) is 30.3 Å². The number of hydrogen-bond donors (Lipinski definition) is 2. The zero-order valence-corrected chi connectivity index (χ0v) is 12.3. The average Bonchev–Trinajstić information content (AvgIpc) is 2.55. The van der Waals surface area contributed by atoms with Gasteiger partial charge in [0.2, 0.25) is 5.95 Å². The summed E-state index contributed by atoms with van der Waals surface area (Å²) in [6.07, 6.45) is 3.14. The van der Waals surface area contributed by atoms with E-state index in [1.165, 1.54) is 6.33 Å². The van der Waals surface area contributed by atoms with Crippen molar-refractivity contribution in [3.05, 3.63) is 59.6 Å². The predicted molar refractivity (Wildman–Crippen MR) is 85.7 cm³/mol. The number of nitrogens with one attached hydrogen (secondary N) is 1. The van der Waals surface area contributed by atoms with Crippen molar-refractivity contribution in [1.29, 1.82) is 0 Å². The number of hydrogen-bond acceptors (Lipinski definition) is 6. The number of benzene rings is 1. The molecule has 0 amide bonds. The minimum absolute atomic E-state index is 0.368. The third-order valence-corrected chi connectivity index (χ3v) is 3.17. The topological polar surface area (TPSA) is 89.6 Å². The Bertz CT molecular complexity index is 792. The normalized spacial score (nSPS) is 10.5. The average molecular weight is 313 g/mol. The van der Waals surface area contributed by atoms with Gasteiger partial charge in [-0.15, -0.1) is 0 Å². The summed E-state index contributed by atoms with van der Waals surface area (Å²) < 4.78 is 0. The van der Waals surface area contributed by atoms with E-state index in [9.17, 15) is 0 Å². The molecule has 0 aliphatic carbocycles. The Morgan fingerprint density at radius 3 is 2.82 bits per heavy atom. The molecule has 0 radical (unpaired) electrons. The van der Waals surface area contributed by atoms with Gasteiger partial charge in [0.25, 0.3) is 0 Å². The van der Waals surface area contributed by atoms with Crippen molar-refractivity contribution in [3.63, 3.8) is 0 Å². The highest BCUT2D eigenvalue weighted by atomic mass is 35.5. The molecule has 0 fully saturated rings. The monoisotopic (exact) mass is 312 g/mol. The first-order valence-electron chi connectivity index (χ1n) is 6.61. The molecule has 6 nitrogen and oxygen atoms in total. The first-order valence-corrected chi connectivity index (χ1v) is 6.99. The molecule has 0 saturated heterocycles. The number of nitrogens with two attached hydrogens (primary N) is 1. The molecule has 0 bridgehead atoms. The number of pyridine rings is 1. The minimum atomic E-state index is 0.368. The standard InChI is InChI=1S/C15H13ClN6/c16-11-2-1-3-12(7-11)21-15-20-9-19-14(22-15)10-4-5-18-13(6-10)8-17/h1-7,9H,8,17H2,(H,19,20,21,22). The summed E-state index contributed by atoms with van der Waals surface area (Å²) in [5, 5.41) is 3.74. The fourth-order valence-corrected chi connectivity index (χ4v) is 2.11. The summed E-state index contributed by atoms with van der Waals surface area (Å²) >= 11 is 5.96. The van der Waals surface area contributed by atoms with Crippen molar-refractivity contribution in [2.45, 2.75) is 6.54 Å². The molecule has 3 rings (SSSR count). The van der Waals surface area contributed by atoms with Gasteiger partial charge in [-0.3, -0.25) is 4.98 Å². The van der Waals surface area contributed by atoms with E-state index in [1.807, 2.05) is 24.3 Å². The molecule has 0 unspecified atom stereocenters. The van der Waals surface area contributed by atoms with Gasteiger partial charge in [0.05, 0.1) is 5.69 Å². The fraction of sp³-hybridized carbons (Fsp3) is 0.0667. The molecule has 0 aliphatic heterocycles. The fourth-order valence-electron chi connectivity index (χ4n) is 1.92. The Labute approximate surface area is 132 Å². The van der Waals surface area contributed by atoms with Gasteiger partial charge in [0, 0.05) is 29.0 Å². The summed E-state index contributed by atoms with van der Waals surface area (Å²) in [7, 11) is 0.